The summed E-state index contributed by atoms with van der Waals surface area (Å²) in [7, 11) is 0. The molecule has 0 saturated carbocycles. The van der Waals surface area contributed by atoms with Gasteiger partial charge in [0, 0.05) is 11.4 Å². The van der Waals surface area contributed by atoms with Gasteiger partial charge in [-0.3, -0.25) is 5.32 Å². The highest BCUT2D eigenvalue weighted by Crippen LogP contribution is 2.27. The van der Waals surface area contributed by atoms with E-state index in [4.69, 9.17) is 10.8 Å². The summed E-state index contributed by atoms with van der Waals surface area (Å²) >= 11 is 0. The minimum atomic E-state index is -1.06. The Balaban J connectivity index is 2.38. The lowest BCUT2D eigenvalue weighted by molar-refractivity contribution is 0.209. The van der Waals surface area contributed by atoms with E-state index in [1.54, 1.807) is 6.07 Å². The van der Waals surface area contributed by atoms with Crippen LogP contribution in [0.3, 0.4) is 0 Å². The molecule has 0 aliphatic carbocycles. The Morgan fingerprint density at radius 1 is 1.05 bits per heavy atom. The highest BCUT2D eigenvalue weighted by molar-refractivity contribution is 5.85. The van der Waals surface area contributed by atoms with Crippen LogP contribution in [0.2, 0.25) is 0 Å². The number of carboxylic acid groups (broad SMARTS) is 1. The van der Waals surface area contributed by atoms with E-state index in [-0.39, 0.29) is 0 Å². The summed E-state index contributed by atoms with van der Waals surface area (Å²) in [5, 5.41) is 11.1. The Hall–Kier alpha value is -2.49. The molecule has 0 aliphatic rings. The molecular formula is C15H16N2O2. The molecule has 0 radical (unpaired) electrons. The topological polar surface area (TPSA) is 75.3 Å². The monoisotopic (exact) mass is 256 g/mol. The van der Waals surface area contributed by atoms with Gasteiger partial charge in [-0.25, -0.2) is 4.79 Å². The molecule has 0 spiro atoms. The molecular weight excluding hydrogens is 240 g/mol. The van der Waals surface area contributed by atoms with Crippen LogP contribution >= 0.6 is 0 Å². The van der Waals surface area contributed by atoms with Crippen LogP contribution in [0.15, 0.2) is 36.4 Å². The molecule has 0 saturated heterocycles. The molecule has 0 unspecified atom stereocenters. The van der Waals surface area contributed by atoms with Gasteiger partial charge in [0.15, 0.2) is 0 Å². The molecule has 0 fully saturated rings. The van der Waals surface area contributed by atoms with Gasteiger partial charge in [-0.15, -0.1) is 0 Å². The summed E-state index contributed by atoms with van der Waals surface area (Å²) in [6.45, 7) is 3.84. The maximum Gasteiger partial charge on any atom is 0.409 e. The maximum atomic E-state index is 10.6. The van der Waals surface area contributed by atoms with Gasteiger partial charge in [-0.05, 0) is 60.4 Å². The molecule has 98 valence electrons. The highest BCUT2D eigenvalue weighted by atomic mass is 16.4. The first-order valence-corrected chi connectivity index (χ1v) is 5.94. The lowest BCUT2D eigenvalue weighted by Crippen LogP contribution is -2.08. The van der Waals surface area contributed by atoms with Crippen LogP contribution in [0.25, 0.3) is 11.1 Å². The van der Waals surface area contributed by atoms with E-state index in [2.05, 4.69) is 5.32 Å². The zero-order valence-corrected chi connectivity index (χ0v) is 10.9. The summed E-state index contributed by atoms with van der Waals surface area (Å²) in [5.74, 6) is 0. The van der Waals surface area contributed by atoms with Gasteiger partial charge in [-0.1, -0.05) is 12.1 Å². The van der Waals surface area contributed by atoms with Crippen molar-refractivity contribution in [3.63, 3.8) is 0 Å². The molecule has 1 amide bonds. The van der Waals surface area contributed by atoms with E-state index in [0.29, 0.717) is 5.69 Å². The van der Waals surface area contributed by atoms with E-state index in [0.717, 1.165) is 27.9 Å². The van der Waals surface area contributed by atoms with E-state index >= 15 is 0 Å². The number of hydrogen-bond donors (Lipinski definition) is 3. The van der Waals surface area contributed by atoms with Crippen molar-refractivity contribution >= 4 is 17.5 Å². The number of nitrogens with one attached hydrogen (secondary N) is 1. The molecule has 19 heavy (non-hydrogen) atoms. The lowest BCUT2D eigenvalue weighted by atomic mass is 10.00. The summed E-state index contributed by atoms with van der Waals surface area (Å²) in [6, 6.07) is 11.5. The molecule has 4 nitrogen and oxygen atoms in total. The van der Waals surface area contributed by atoms with Crippen molar-refractivity contribution in [2.45, 2.75) is 13.8 Å². The first-order valence-electron chi connectivity index (χ1n) is 5.94. The summed E-state index contributed by atoms with van der Waals surface area (Å²) in [4.78, 5) is 10.6. The molecule has 0 heterocycles. The zero-order valence-electron chi connectivity index (χ0n) is 10.9. The Morgan fingerprint density at radius 2 is 1.63 bits per heavy atom. The minimum Gasteiger partial charge on any atom is -0.465 e. The van der Waals surface area contributed by atoms with Crippen molar-refractivity contribution in [1.82, 2.24) is 0 Å². The summed E-state index contributed by atoms with van der Waals surface area (Å²) < 4.78 is 0. The Kier molecular flexibility index (Phi) is 3.42. The van der Waals surface area contributed by atoms with Gasteiger partial charge < -0.3 is 10.8 Å². The van der Waals surface area contributed by atoms with Gasteiger partial charge in [0.2, 0.25) is 0 Å². The van der Waals surface area contributed by atoms with E-state index < -0.39 is 6.09 Å². The quantitative estimate of drug-likeness (QED) is 0.718. The second-order valence-corrected chi connectivity index (χ2v) is 4.53. The van der Waals surface area contributed by atoms with Crippen LogP contribution in [0.5, 0.6) is 0 Å². The predicted octanol–water partition coefficient (Wildman–Crippen LogP) is 3.64. The average molecular weight is 256 g/mol. The molecule has 2 aromatic rings. The largest absolute Gasteiger partial charge is 0.465 e. The molecule has 0 aromatic heterocycles. The SMILES string of the molecule is Cc1cc(-c2ccc(NC(=O)O)c(C)c2)ccc1N. The van der Waals surface area contributed by atoms with Crippen LogP contribution in [0.1, 0.15) is 11.1 Å². The van der Waals surface area contributed by atoms with Crippen molar-refractivity contribution < 1.29 is 9.90 Å². The normalized spacial score (nSPS) is 10.2. The standard InChI is InChI=1S/C15H16N2O2/c1-9-7-11(3-5-13(9)16)12-4-6-14(10(2)8-12)17-15(18)19/h3-8,17H,16H2,1-2H3,(H,18,19). The third-order valence-electron chi connectivity index (χ3n) is 3.07. The van der Waals surface area contributed by atoms with Gasteiger partial charge in [0.25, 0.3) is 0 Å². The van der Waals surface area contributed by atoms with Crippen LogP contribution in [0.4, 0.5) is 16.2 Å². The number of aryl methyl sites for hydroxylation is 2. The molecule has 4 N–H and O–H groups in total. The van der Waals surface area contributed by atoms with Gasteiger partial charge in [-0.2, -0.15) is 0 Å². The Labute approximate surface area is 111 Å². The number of hydrogen-bond acceptors (Lipinski definition) is 2. The minimum absolute atomic E-state index is 0.600. The number of anilines is 2. The number of amides is 1. The van der Waals surface area contributed by atoms with Crippen LogP contribution in [-0.4, -0.2) is 11.2 Å². The zero-order chi connectivity index (χ0) is 14.0. The van der Waals surface area contributed by atoms with Gasteiger partial charge >= 0.3 is 6.09 Å². The summed E-state index contributed by atoms with van der Waals surface area (Å²) in [6.07, 6.45) is -1.06. The van der Waals surface area contributed by atoms with Crippen LogP contribution in [0, 0.1) is 13.8 Å². The molecule has 2 aromatic carbocycles. The fourth-order valence-corrected chi connectivity index (χ4v) is 1.95. The Bertz CT molecular complexity index is 636. The molecule has 0 aliphatic heterocycles. The van der Waals surface area contributed by atoms with Crippen LogP contribution < -0.4 is 11.1 Å². The second-order valence-electron chi connectivity index (χ2n) is 4.53. The first-order chi connectivity index (χ1) is 8.97. The van der Waals surface area contributed by atoms with Crippen molar-refractivity contribution in [3.8, 4) is 11.1 Å². The first kappa shape index (κ1) is 13.0. The third kappa shape index (κ3) is 2.85. The number of rotatable bonds is 2. The van der Waals surface area contributed by atoms with Crippen LogP contribution in [-0.2, 0) is 0 Å². The van der Waals surface area contributed by atoms with Gasteiger partial charge in [0.05, 0.1) is 0 Å². The van der Waals surface area contributed by atoms with E-state index in [9.17, 15) is 4.79 Å². The molecule has 0 atom stereocenters. The Morgan fingerprint density at radius 3 is 2.16 bits per heavy atom. The number of benzene rings is 2. The molecule has 4 heteroatoms. The smallest absolute Gasteiger partial charge is 0.409 e. The molecule has 2 rings (SSSR count). The van der Waals surface area contributed by atoms with Crippen molar-refractivity contribution in [2.24, 2.45) is 0 Å². The lowest BCUT2D eigenvalue weighted by Gasteiger charge is -2.09. The van der Waals surface area contributed by atoms with Crippen molar-refractivity contribution in [2.75, 3.05) is 11.1 Å². The fraction of sp³-hybridized carbons (Fsp3) is 0.133. The average Bonchev–Trinajstić information content (AvgIpc) is 2.35. The molecule has 0 bridgehead atoms. The van der Waals surface area contributed by atoms with Crippen molar-refractivity contribution in [1.29, 1.82) is 0 Å². The second kappa shape index (κ2) is 5.02. The number of carbonyl (C=O) groups is 1. The van der Waals surface area contributed by atoms with Gasteiger partial charge in [0.1, 0.15) is 0 Å². The number of nitrogens with two attached hydrogens (primary N) is 1. The predicted molar refractivity (Wildman–Crippen MR) is 77.4 cm³/mol. The fourth-order valence-electron chi connectivity index (χ4n) is 1.95. The number of nitrogen functional groups attached to an aromatic ring is 1. The van der Waals surface area contributed by atoms with E-state index in [1.165, 1.54) is 0 Å². The maximum absolute atomic E-state index is 10.6. The third-order valence-corrected chi connectivity index (χ3v) is 3.07. The highest BCUT2D eigenvalue weighted by Gasteiger charge is 2.05. The summed E-state index contributed by atoms with van der Waals surface area (Å²) in [5.41, 5.74) is 11.2. The van der Waals surface area contributed by atoms with Crippen molar-refractivity contribution in [3.05, 3.63) is 47.5 Å². The van der Waals surface area contributed by atoms with E-state index in [1.807, 2.05) is 44.2 Å².